The fourth-order valence-electron chi connectivity index (χ4n) is 2.15. The van der Waals surface area contributed by atoms with Gasteiger partial charge in [0.1, 0.15) is 0 Å². The van der Waals surface area contributed by atoms with Gasteiger partial charge in [-0.25, -0.2) is 0 Å². The van der Waals surface area contributed by atoms with Gasteiger partial charge in [0, 0.05) is 29.7 Å². The van der Waals surface area contributed by atoms with Crippen LogP contribution in [0.5, 0.6) is 0 Å². The van der Waals surface area contributed by atoms with E-state index >= 15 is 0 Å². The van der Waals surface area contributed by atoms with Gasteiger partial charge in [-0.05, 0) is 37.6 Å². The van der Waals surface area contributed by atoms with Crippen molar-refractivity contribution < 1.29 is 4.79 Å². The molecule has 17 heavy (non-hydrogen) atoms. The van der Waals surface area contributed by atoms with Gasteiger partial charge in [-0.2, -0.15) is 0 Å². The number of halogens is 1. The largest absolute Gasteiger partial charge is 0.337 e. The lowest BCUT2D eigenvalue weighted by molar-refractivity contribution is 0.0708. The van der Waals surface area contributed by atoms with Crippen molar-refractivity contribution in [1.29, 1.82) is 0 Å². The van der Waals surface area contributed by atoms with E-state index in [9.17, 15) is 4.79 Å². The quantitative estimate of drug-likeness (QED) is 0.908. The van der Waals surface area contributed by atoms with Crippen molar-refractivity contribution in [2.24, 2.45) is 0 Å². The number of rotatable bonds is 2. The Labute approximate surface area is 110 Å². The molecule has 3 nitrogen and oxygen atoms in total. The highest BCUT2D eigenvalue weighted by atomic mass is 79.9. The molecule has 0 unspecified atom stereocenters. The molecule has 0 bridgehead atoms. The van der Waals surface area contributed by atoms with E-state index in [-0.39, 0.29) is 5.91 Å². The molecule has 1 fully saturated rings. The van der Waals surface area contributed by atoms with Gasteiger partial charge in [0.05, 0.1) is 0 Å². The van der Waals surface area contributed by atoms with E-state index in [0.717, 1.165) is 36.0 Å². The zero-order valence-electron chi connectivity index (χ0n) is 9.95. The molecule has 92 valence electrons. The lowest BCUT2D eigenvalue weighted by Gasteiger charge is -2.31. The molecule has 1 saturated heterocycles. The van der Waals surface area contributed by atoms with E-state index in [1.54, 1.807) is 0 Å². The first-order valence-corrected chi connectivity index (χ1v) is 6.71. The number of carbonyl (C=O) groups excluding carboxylic acids is 1. The van der Waals surface area contributed by atoms with Gasteiger partial charge in [-0.1, -0.05) is 22.0 Å². The summed E-state index contributed by atoms with van der Waals surface area (Å²) in [5.74, 6) is 0.0972. The van der Waals surface area contributed by atoms with Gasteiger partial charge in [0.2, 0.25) is 0 Å². The summed E-state index contributed by atoms with van der Waals surface area (Å²) in [6, 6.07) is 7.87. The highest BCUT2D eigenvalue weighted by Crippen LogP contribution is 2.16. The third kappa shape index (κ3) is 3.07. The van der Waals surface area contributed by atoms with E-state index in [2.05, 4.69) is 21.2 Å². The zero-order valence-corrected chi connectivity index (χ0v) is 11.5. The van der Waals surface area contributed by atoms with Crippen molar-refractivity contribution in [3.8, 4) is 0 Å². The van der Waals surface area contributed by atoms with Crippen LogP contribution in [-0.2, 0) is 0 Å². The first-order valence-electron chi connectivity index (χ1n) is 5.92. The Bertz CT molecular complexity index is 402. The number of hydrogen-bond acceptors (Lipinski definition) is 2. The van der Waals surface area contributed by atoms with Crippen LogP contribution in [0.3, 0.4) is 0 Å². The van der Waals surface area contributed by atoms with Gasteiger partial charge in [-0.3, -0.25) is 4.79 Å². The lowest BCUT2D eigenvalue weighted by atomic mass is 10.1. The number of carbonyl (C=O) groups is 1. The van der Waals surface area contributed by atoms with Crippen molar-refractivity contribution in [2.75, 3.05) is 20.1 Å². The molecule has 0 radical (unpaired) electrons. The maximum Gasteiger partial charge on any atom is 0.253 e. The third-order valence-corrected chi connectivity index (χ3v) is 3.70. The summed E-state index contributed by atoms with van der Waals surface area (Å²) in [5.41, 5.74) is 0.743. The molecule has 1 aliphatic rings. The van der Waals surface area contributed by atoms with Crippen LogP contribution in [0, 0.1) is 0 Å². The standard InChI is InChI=1S/C13H17BrN2O/c1-16(12-6-3-7-15-9-12)13(17)10-4-2-5-11(14)8-10/h2,4-5,8,12,15H,3,6-7,9H2,1H3/t12-/m1/s1. The van der Waals surface area contributed by atoms with Crippen LogP contribution in [0.2, 0.25) is 0 Å². The van der Waals surface area contributed by atoms with Crippen LogP contribution < -0.4 is 5.32 Å². The fourth-order valence-corrected chi connectivity index (χ4v) is 2.55. The number of hydrogen-bond donors (Lipinski definition) is 1. The molecule has 1 atom stereocenters. The molecular weight excluding hydrogens is 280 g/mol. The van der Waals surface area contributed by atoms with Crippen molar-refractivity contribution in [1.82, 2.24) is 10.2 Å². The summed E-state index contributed by atoms with van der Waals surface area (Å²) >= 11 is 3.39. The summed E-state index contributed by atoms with van der Waals surface area (Å²) in [6.45, 7) is 1.96. The maximum absolute atomic E-state index is 12.3. The number of nitrogens with one attached hydrogen (secondary N) is 1. The number of nitrogens with zero attached hydrogens (tertiary/aromatic N) is 1. The molecule has 1 amide bonds. The Morgan fingerprint density at radius 1 is 1.53 bits per heavy atom. The Hall–Kier alpha value is -0.870. The first kappa shape index (κ1) is 12.6. The number of piperidine rings is 1. The van der Waals surface area contributed by atoms with Crippen LogP contribution >= 0.6 is 15.9 Å². The molecular formula is C13H17BrN2O. The normalized spacial score (nSPS) is 20.0. The highest BCUT2D eigenvalue weighted by molar-refractivity contribution is 9.10. The third-order valence-electron chi connectivity index (χ3n) is 3.21. The van der Waals surface area contributed by atoms with Crippen LogP contribution in [0.15, 0.2) is 28.7 Å². The van der Waals surface area contributed by atoms with Crippen molar-refractivity contribution in [3.63, 3.8) is 0 Å². The minimum Gasteiger partial charge on any atom is -0.337 e. The predicted octanol–water partition coefficient (Wildman–Crippen LogP) is 2.27. The molecule has 1 heterocycles. The van der Waals surface area contributed by atoms with Gasteiger partial charge < -0.3 is 10.2 Å². The van der Waals surface area contributed by atoms with E-state index in [0.29, 0.717) is 6.04 Å². The molecule has 4 heteroatoms. The Kier molecular flexibility index (Phi) is 4.18. The van der Waals surface area contributed by atoms with Gasteiger partial charge in [0.15, 0.2) is 0 Å². The van der Waals surface area contributed by atoms with E-state index in [1.807, 2.05) is 36.2 Å². The molecule has 0 aromatic heterocycles. The molecule has 0 spiro atoms. The van der Waals surface area contributed by atoms with Crippen LogP contribution in [0.25, 0.3) is 0 Å². The number of amides is 1. The second kappa shape index (κ2) is 5.65. The van der Waals surface area contributed by atoms with Crippen LogP contribution in [0.1, 0.15) is 23.2 Å². The van der Waals surface area contributed by atoms with E-state index < -0.39 is 0 Å². The van der Waals surface area contributed by atoms with Crippen molar-refractivity contribution in [2.45, 2.75) is 18.9 Å². The Morgan fingerprint density at radius 3 is 3.00 bits per heavy atom. The lowest BCUT2D eigenvalue weighted by Crippen LogP contribution is -2.46. The topological polar surface area (TPSA) is 32.3 Å². The monoisotopic (exact) mass is 296 g/mol. The summed E-state index contributed by atoms with van der Waals surface area (Å²) in [4.78, 5) is 14.1. The Morgan fingerprint density at radius 2 is 2.35 bits per heavy atom. The minimum absolute atomic E-state index is 0.0972. The molecule has 1 aromatic rings. The summed E-state index contributed by atoms with van der Waals surface area (Å²) < 4.78 is 0.943. The summed E-state index contributed by atoms with van der Waals surface area (Å²) in [7, 11) is 1.89. The summed E-state index contributed by atoms with van der Waals surface area (Å²) in [5, 5.41) is 3.33. The van der Waals surface area contributed by atoms with E-state index in [4.69, 9.17) is 0 Å². The SMILES string of the molecule is CN(C(=O)c1cccc(Br)c1)[C@@H]1CCCNC1. The second-order valence-corrected chi connectivity index (χ2v) is 5.34. The van der Waals surface area contributed by atoms with Gasteiger partial charge in [0.25, 0.3) is 5.91 Å². The molecule has 1 aliphatic heterocycles. The zero-order chi connectivity index (χ0) is 12.3. The smallest absolute Gasteiger partial charge is 0.253 e. The molecule has 1 aromatic carbocycles. The first-order chi connectivity index (χ1) is 8.18. The molecule has 2 rings (SSSR count). The second-order valence-electron chi connectivity index (χ2n) is 4.43. The van der Waals surface area contributed by atoms with Crippen molar-refractivity contribution >= 4 is 21.8 Å². The van der Waals surface area contributed by atoms with Crippen LogP contribution in [-0.4, -0.2) is 37.0 Å². The average molecular weight is 297 g/mol. The highest BCUT2D eigenvalue weighted by Gasteiger charge is 2.22. The number of benzene rings is 1. The fraction of sp³-hybridized carbons (Fsp3) is 0.462. The summed E-state index contributed by atoms with van der Waals surface area (Å²) in [6.07, 6.45) is 2.23. The van der Waals surface area contributed by atoms with Crippen molar-refractivity contribution in [3.05, 3.63) is 34.3 Å². The predicted molar refractivity (Wildman–Crippen MR) is 72.1 cm³/mol. The molecule has 0 saturated carbocycles. The average Bonchev–Trinajstić information content (AvgIpc) is 2.38. The van der Waals surface area contributed by atoms with Crippen LogP contribution in [0.4, 0.5) is 0 Å². The van der Waals surface area contributed by atoms with Gasteiger partial charge >= 0.3 is 0 Å². The Balaban J connectivity index is 2.08. The molecule has 0 aliphatic carbocycles. The minimum atomic E-state index is 0.0972. The molecule has 1 N–H and O–H groups in total. The number of likely N-dealkylation sites (N-methyl/N-ethyl adjacent to an activating group) is 1. The maximum atomic E-state index is 12.3. The van der Waals surface area contributed by atoms with E-state index in [1.165, 1.54) is 0 Å². The van der Waals surface area contributed by atoms with Gasteiger partial charge in [-0.15, -0.1) is 0 Å².